The predicted octanol–water partition coefficient (Wildman–Crippen LogP) is 1.28. The predicted molar refractivity (Wildman–Crippen MR) is 115 cm³/mol. The standard InChI is InChI=1S/C20H31N3O5S2/c1-3-15-29(25,26)23-10-4-5-18(16-23)20(24)21-11-13-22(14-12-21)30(27,28)19-8-6-17(2)7-9-19/h6-9,18H,3-5,10-16H2,1-2H3/t18-/m1/s1. The fraction of sp³-hybridized carbons (Fsp3) is 0.650. The van der Waals surface area contributed by atoms with E-state index in [1.54, 1.807) is 29.2 Å². The van der Waals surface area contributed by atoms with Crippen molar-refractivity contribution in [1.82, 2.24) is 13.5 Å². The lowest BCUT2D eigenvalue weighted by molar-refractivity contribution is -0.137. The molecule has 2 fully saturated rings. The summed E-state index contributed by atoms with van der Waals surface area (Å²) in [6.07, 6.45) is 1.88. The van der Waals surface area contributed by atoms with Crippen molar-refractivity contribution in [3.05, 3.63) is 29.8 Å². The summed E-state index contributed by atoms with van der Waals surface area (Å²) >= 11 is 0. The van der Waals surface area contributed by atoms with Crippen LogP contribution in [-0.2, 0) is 24.8 Å². The van der Waals surface area contributed by atoms with Crippen LogP contribution in [-0.4, -0.2) is 81.3 Å². The lowest BCUT2D eigenvalue weighted by Crippen LogP contribution is -2.54. The summed E-state index contributed by atoms with van der Waals surface area (Å²) in [4.78, 5) is 14.9. The zero-order chi connectivity index (χ0) is 21.9. The third kappa shape index (κ3) is 5.04. The number of sulfonamides is 2. The Balaban J connectivity index is 1.60. The molecule has 10 heteroatoms. The molecule has 0 radical (unpaired) electrons. The second-order valence-electron chi connectivity index (χ2n) is 8.06. The molecule has 8 nitrogen and oxygen atoms in total. The van der Waals surface area contributed by atoms with Crippen molar-refractivity contribution in [3.63, 3.8) is 0 Å². The van der Waals surface area contributed by atoms with Crippen molar-refractivity contribution < 1.29 is 21.6 Å². The lowest BCUT2D eigenvalue weighted by atomic mass is 9.98. The van der Waals surface area contributed by atoms with E-state index in [0.29, 0.717) is 38.9 Å². The van der Waals surface area contributed by atoms with E-state index in [-0.39, 0.29) is 42.1 Å². The van der Waals surface area contributed by atoms with Crippen molar-refractivity contribution in [2.24, 2.45) is 5.92 Å². The maximum atomic E-state index is 13.0. The molecule has 3 rings (SSSR count). The lowest BCUT2D eigenvalue weighted by Gasteiger charge is -2.38. The number of piperazine rings is 1. The third-order valence-corrected chi connectivity index (χ3v) is 9.75. The Morgan fingerprint density at radius 2 is 1.60 bits per heavy atom. The van der Waals surface area contributed by atoms with E-state index in [2.05, 4.69) is 0 Å². The van der Waals surface area contributed by atoms with Gasteiger partial charge in [-0.05, 0) is 38.3 Å². The van der Waals surface area contributed by atoms with Gasteiger partial charge in [-0.1, -0.05) is 24.6 Å². The number of hydrogen-bond donors (Lipinski definition) is 0. The summed E-state index contributed by atoms with van der Waals surface area (Å²) in [6, 6.07) is 6.76. The maximum Gasteiger partial charge on any atom is 0.243 e. The Bertz CT molecular complexity index is 953. The van der Waals surface area contributed by atoms with Gasteiger partial charge in [-0.2, -0.15) is 4.31 Å². The summed E-state index contributed by atoms with van der Waals surface area (Å²) in [5.41, 5.74) is 0.992. The van der Waals surface area contributed by atoms with Crippen LogP contribution in [0.1, 0.15) is 31.7 Å². The van der Waals surface area contributed by atoms with Gasteiger partial charge in [0.2, 0.25) is 26.0 Å². The molecule has 1 atom stereocenters. The minimum atomic E-state index is -3.58. The fourth-order valence-electron chi connectivity index (χ4n) is 4.05. The van der Waals surface area contributed by atoms with E-state index >= 15 is 0 Å². The van der Waals surface area contributed by atoms with Crippen molar-refractivity contribution in [2.45, 2.75) is 38.0 Å². The number of amides is 1. The molecule has 0 aromatic heterocycles. The molecule has 1 amide bonds. The molecule has 1 aromatic rings. The average molecular weight is 458 g/mol. The van der Waals surface area contributed by atoms with Gasteiger partial charge in [0.15, 0.2) is 0 Å². The van der Waals surface area contributed by atoms with Crippen LogP contribution >= 0.6 is 0 Å². The summed E-state index contributed by atoms with van der Waals surface area (Å²) in [6.45, 7) is 5.55. The Morgan fingerprint density at radius 1 is 0.967 bits per heavy atom. The van der Waals surface area contributed by atoms with Crippen LogP contribution < -0.4 is 0 Å². The number of aryl methyl sites for hydroxylation is 1. The van der Waals surface area contributed by atoms with Crippen LogP contribution in [0.5, 0.6) is 0 Å². The summed E-state index contributed by atoms with van der Waals surface area (Å²) in [5, 5.41) is 0. The second kappa shape index (κ2) is 9.33. The molecular weight excluding hydrogens is 426 g/mol. The molecule has 0 spiro atoms. The molecule has 168 valence electrons. The third-order valence-electron chi connectivity index (χ3n) is 5.80. The van der Waals surface area contributed by atoms with E-state index in [1.165, 1.54) is 8.61 Å². The number of rotatable bonds is 6. The van der Waals surface area contributed by atoms with Gasteiger partial charge in [0, 0.05) is 39.3 Å². The van der Waals surface area contributed by atoms with Crippen LogP contribution in [0.3, 0.4) is 0 Å². The first-order chi connectivity index (χ1) is 14.1. The number of nitrogens with zero attached hydrogens (tertiary/aromatic N) is 3. The van der Waals surface area contributed by atoms with Crippen molar-refractivity contribution in [1.29, 1.82) is 0 Å². The highest BCUT2D eigenvalue weighted by Crippen LogP contribution is 2.24. The first-order valence-electron chi connectivity index (χ1n) is 10.5. The quantitative estimate of drug-likeness (QED) is 0.641. The molecule has 2 aliphatic heterocycles. The Morgan fingerprint density at radius 3 is 2.20 bits per heavy atom. The van der Waals surface area contributed by atoms with Crippen molar-refractivity contribution in [3.8, 4) is 0 Å². The first-order valence-corrected chi connectivity index (χ1v) is 13.5. The zero-order valence-electron chi connectivity index (χ0n) is 17.7. The van der Waals surface area contributed by atoms with Crippen LogP contribution in [0.4, 0.5) is 0 Å². The van der Waals surface area contributed by atoms with E-state index in [0.717, 1.165) is 5.56 Å². The smallest absolute Gasteiger partial charge is 0.243 e. The number of carbonyl (C=O) groups is 1. The van der Waals surface area contributed by atoms with Gasteiger partial charge < -0.3 is 4.90 Å². The SMILES string of the molecule is CCCS(=O)(=O)N1CCC[C@@H](C(=O)N2CCN(S(=O)(=O)c3ccc(C)cc3)CC2)C1. The second-order valence-corrected chi connectivity index (χ2v) is 12.1. The highest BCUT2D eigenvalue weighted by Gasteiger charge is 2.36. The summed E-state index contributed by atoms with van der Waals surface area (Å²) < 4.78 is 53.3. The van der Waals surface area contributed by atoms with Gasteiger partial charge in [0.25, 0.3) is 0 Å². The molecule has 0 saturated carbocycles. The van der Waals surface area contributed by atoms with Gasteiger partial charge in [0.1, 0.15) is 0 Å². The van der Waals surface area contributed by atoms with Crippen molar-refractivity contribution >= 4 is 26.0 Å². The first kappa shape index (κ1) is 23.2. The molecule has 30 heavy (non-hydrogen) atoms. The van der Waals surface area contributed by atoms with Gasteiger partial charge in [-0.3, -0.25) is 4.79 Å². The number of hydrogen-bond acceptors (Lipinski definition) is 5. The normalized spacial score (nSPS) is 22.2. The van der Waals surface area contributed by atoms with Gasteiger partial charge in [-0.25, -0.2) is 21.1 Å². The monoisotopic (exact) mass is 457 g/mol. The van der Waals surface area contributed by atoms with Crippen LogP contribution in [0, 0.1) is 12.8 Å². The van der Waals surface area contributed by atoms with Gasteiger partial charge in [0.05, 0.1) is 16.6 Å². The molecule has 0 bridgehead atoms. The molecule has 0 aliphatic carbocycles. The Kier molecular flexibility index (Phi) is 7.21. The summed E-state index contributed by atoms with van der Waals surface area (Å²) in [5.74, 6) is -0.326. The molecule has 0 N–H and O–H groups in total. The molecule has 2 heterocycles. The van der Waals surface area contributed by atoms with Crippen LogP contribution in [0.25, 0.3) is 0 Å². The minimum Gasteiger partial charge on any atom is -0.340 e. The number of carbonyl (C=O) groups excluding carboxylic acids is 1. The van der Waals surface area contributed by atoms with Crippen LogP contribution in [0.15, 0.2) is 29.2 Å². The zero-order valence-corrected chi connectivity index (χ0v) is 19.3. The van der Waals surface area contributed by atoms with Gasteiger partial charge >= 0.3 is 0 Å². The number of benzene rings is 1. The Hall–Kier alpha value is -1.49. The van der Waals surface area contributed by atoms with E-state index in [1.807, 2.05) is 13.8 Å². The van der Waals surface area contributed by atoms with E-state index in [4.69, 9.17) is 0 Å². The van der Waals surface area contributed by atoms with E-state index in [9.17, 15) is 21.6 Å². The Labute approximate surface area is 179 Å². The molecule has 1 aromatic carbocycles. The molecular formula is C20H31N3O5S2. The largest absolute Gasteiger partial charge is 0.340 e. The van der Waals surface area contributed by atoms with E-state index < -0.39 is 20.0 Å². The molecule has 0 unspecified atom stereocenters. The molecule has 2 aliphatic rings. The maximum absolute atomic E-state index is 13.0. The topological polar surface area (TPSA) is 95.1 Å². The van der Waals surface area contributed by atoms with Gasteiger partial charge in [-0.15, -0.1) is 0 Å². The number of piperidine rings is 1. The average Bonchev–Trinajstić information content (AvgIpc) is 2.74. The fourth-order valence-corrected chi connectivity index (χ4v) is 7.06. The van der Waals surface area contributed by atoms with Crippen molar-refractivity contribution in [2.75, 3.05) is 45.0 Å². The minimum absolute atomic E-state index is 0.0706. The highest BCUT2D eigenvalue weighted by molar-refractivity contribution is 7.89. The summed E-state index contributed by atoms with van der Waals surface area (Å²) in [7, 11) is -6.90. The highest BCUT2D eigenvalue weighted by atomic mass is 32.2. The molecule has 2 saturated heterocycles. The van der Waals surface area contributed by atoms with Crippen LogP contribution in [0.2, 0.25) is 0 Å².